The maximum atomic E-state index is 12.9. The van der Waals surface area contributed by atoms with Gasteiger partial charge in [-0.15, -0.1) is 0 Å². The van der Waals surface area contributed by atoms with Gasteiger partial charge in [-0.3, -0.25) is 4.79 Å². The first-order valence-electron chi connectivity index (χ1n) is 5.19. The van der Waals surface area contributed by atoms with Gasteiger partial charge in [-0.1, -0.05) is 6.92 Å². The predicted octanol–water partition coefficient (Wildman–Crippen LogP) is 3.46. The van der Waals surface area contributed by atoms with E-state index in [-0.39, 0.29) is 17.8 Å². The normalized spacial score (nSPS) is 12.3. The molecule has 0 heterocycles. The highest BCUT2D eigenvalue weighted by atomic mass is 79.9. The van der Waals surface area contributed by atoms with Crippen molar-refractivity contribution in [2.75, 3.05) is 7.05 Å². The molecule has 0 saturated heterocycles. The Labute approximate surface area is 104 Å². The van der Waals surface area contributed by atoms with E-state index in [0.29, 0.717) is 10.0 Å². The third-order valence-corrected chi connectivity index (χ3v) is 3.39. The van der Waals surface area contributed by atoms with Crippen molar-refractivity contribution in [1.82, 2.24) is 4.90 Å². The summed E-state index contributed by atoms with van der Waals surface area (Å²) in [6.45, 7) is 4.00. The van der Waals surface area contributed by atoms with Gasteiger partial charge in [0.1, 0.15) is 5.82 Å². The maximum absolute atomic E-state index is 12.9. The van der Waals surface area contributed by atoms with E-state index in [1.54, 1.807) is 11.9 Å². The molecule has 0 N–H and O–H groups in total. The van der Waals surface area contributed by atoms with Crippen LogP contribution >= 0.6 is 15.9 Å². The Hall–Kier alpha value is -0.900. The molecule has 1 amide bonds. The summed E-state index contributed by atoms with van der Waals surface area (Å²) in [5.74, 6) is -0.448. The van der Waals surface area contributed by atoms with Crippen LogP contribution in [0.2, 0.25) is 0 Å². The van der Waals surface area contributed by atoms with Crippen LogP contribution in [0, 0.1) is 5.82 Å². The molecular formula is C12H15BrFNO. The van der Waals surface area contributed by atoms with Crippen LogP contribution in [0.25, 0.3) is 0 Å². The zero-order chi connectivity index (χ0) is 12.3. The van der Waals surface area contributed by atoms with Crippen LogP contribution in [-0.2, 0) is 0 Å². The minimum atomic E-state index is -0.352. The van der Waals surface area contributed by atoms with Crippen molar-refractivity contribution in [3.63, 3.8) is 0 Å². The molecule has 1 aromatic rings. The number of rotatable bonds is 3. The van der Waals surface area contributed by atoms with E-state index in [0.717, 1.165) is 6.42 Å². The van der Waals surface area contributed by atoms with Gasteiger partial charge in [0.2, 0.25) is 0 Å². The Balaban J connectivity index is 2.96. The van der Waals surface area contributed by atoms with Gasteiger partial charge in [0.25, 0.3) is 5.91 Å². The fraction of sp³-hybridized carbons (Fsp3) is 0.417. The topological polar surface area (TPSA) is 20.3 Å². The molecule has 88 valence electrons. The monoisotopic (exact) mass is 287 g/mol. The molecule has 0 radical (unpaired) electrons. The van der Waals surface area contributed by atoms with Gasteiger partial charge in [0.05, 0.1) is 5.56 Å². The van der Waals surface area contributed by atoms with Crippen LogP contribution < -0.4 is 0 Å². The third-order valence-electron chi connectivity index (χ3n) is 2.73. The zero-order valence-electron chi connectivity index (χ0n) is 9.63. The van der Waals surface area contributed by atoms with Crippen LogP contribution in [0.1, 0.15) is 30.6 Å². The average Bonchev–Trinajstić information content (AvgIpc) is 2.26. The second kappa shape index (κ2) is 5.43. The summed E-state index contributed by atoms with van der Waals surface area (Å²) in [5.41, 5.74) is 0.490. The fourth-order valence-corrected chi connectivity index (χ4v) is 1.85. The number of amides is 1. The summed E-state index contributed by atoms with van der Waals surface area (Å²) in [5, 5.41) is 0. The second-order valence-electron chi connectivity index (χ2n) is 3.80. The smallest absolute Gasteiger partial charge is 0.254 e. The molecule has 16 heavy (non-hydrogen) atoms. The predicted molar refractivity (Wildman–Crippen MR) is 65.9 cm³/mol. The summed E-state index contributed by atoms with van der Waals surface area (Å²) in [6.07, 6.45) is 0.890. The number of hydrogen-bond acceptors (Lipinski definition) is 1. The lowest BCUT2D eigenvalue weighted by atomic mass is 10.1. The van der Waals surface area contributed by atoms with Crippen molar-refractivity contribution in [2.45, 2.75) is 26.3 Å². The Kier molecular flexibility index (Phi) is 4.47. The Bertz CT molecular complexity index is 395. The quantitative estimate of drug-likeness (QED) is 0.834. The van der Waals surface area contributed by atoms with Gasteiger partial charge in [-0.25, -0.2) is 4.39 Å². The molecular weight excluding hydrogens is 273 g/mol. The lowest BCUT2D eigenvalue weighted by Gasteiger charge is -2.24. The molecule has 4 heteroatoms. The number of halogens is 2. The number of hydrogen-bond donors (Lipinski definition) is 0. The van der Waals surface area contributed by atoms with Crippen LogP contribution in [0.4, 0.5) is 4.39 Å². The summed E-state index contributed by atoms with van der Waals surface area (Å²) in [7, 11) is 1.76. The Morgan fingerprint density at radius 3 is 2.69 bits per heavy atom. The van der Waals surface area contributed by atoms with Crippen molar-refractivity contribution < 1.29 is 9.18 Å². The van der Waals surface area contributed by atoms with Gasteiger partial charge in [0.15, 0.2) is 0 Å². The molecule has 0 aliphatic heterocycles. The van der Waals surface area contributed by atoms with Crippen LogP contribution in [-0.4, -0.2) is 23.9 Å². The Morgan fingerprint density at radius 2 is 2.19 bits per heavy atom. The number of nitrogens with zero attached hydrogens (tertiary/aromatic N) is 1. The largest absolute Gasteiger partial charge is 0.339 e. The molecule has 0 bridgehead atoms. The van der Waals surface area contributed by atoms with Gasteiger partial charge in [0, 0.05) is 17.6 Å². The maximum Gasteiger partial charge on any atom is 0.254 e. The molecule has 0 fully saturated rings. The highest BCUT2D eigenvalue weighted by Gasteiger charge is 2.18. The SMILES string of the molecule is CCC(C)N(C)C(=O)c1ccc(F)cc1Br. The summed E-state index contributed by atoms with van der Waals surface area (Å²) in [4.78, 5) is 13.7. The number of carbonyl (C=O) groups excluding carboxylic acids is 1. The van der Waals surface area contributed by atoms with Gasteiger partial charge in [-0.05, 0) is 47.5 Å². The van der Waals surface area contributed by atoms with Crippen molar-refractivity contribution in [1.29, 1.82) is 0 Å². The molecule has 0 aliphatic carbocycles. The van der Waals surface area contributed by atoms with Gasteiger partial charge in [-0.2, -0.15) is 0 Å². The van der Waals surface area contributed by atoms with E-state index < -0.39 is 0 Å². The van der Waals surface area contributed by atoms with Crippen molar-refractivity contribution in [3.8, 4) is 0 Å². The van der Waals surface area contributed by atoms with Crippen molar-refractivity contribution in [3.05, 3.63) is 34.1 Å². The van der Waals surface area contributed by atoms with Crippen LogP contribution in [0.3, 0.4) is 0 Å². The molecule has 0 aliphatic rings. The molecule has 2 nitrogen and oxygen atoms in total. The zero-order valence-corrected chi connectivity index (χ0v) is 11.2. The lowest BCUT2D eigenvalue weighted by Crippen LogP contribution is -2.34. The molecule has 0 aromatic heterocycles. The van der Waals surface area contributed by atoms with E-state index in [1.807, 2.05) is 13.8 Å². The van der Waals surface area contributed by atoms with E-state index >= 15 is 0 Å². The van der Waals surface area contributed by atoms with E-state index in [2.05, 4.69) is 15.9 Å². The van der Waals surface area contributed by atoms with E-state index in [1.165, 1.54) is 18.2 Å². The first-order valence-corrected chi connectivity index (χ1v) is 5.98. The Morgan fingerprint density at radius 1 is 1.56 bits per heavy atom. The summed E-state index contributed by atoms with van der Waals surface area (Å²) < 4.78 is 13.4. The number of carbonyl (C=O) groups is 1. The standard InChI is InChI=1S/C12H15BrFNO/c1-4-8(2)15(3)12(16)10-6-5-9(14)7-11(10)13/h5-8H,4H2,1-3H3. The molecule has 1 unspecified atom stereocenters. The molecule has 0 spiro atoms. The first kappa shape index (κ1) is 13.2. The molecule has 1 atom stereocenters. The van der Waals surface area contributed by atoms with E-state index in [4.69, 9.17) is 0 Å². The second-order valence-corrected chi connectivity index (χ2v) is 4.65. The van der Waals surface area contributed by atoms with Gasteiger partial charge >= 0.3 is 0 Å². The van der Waals surface area contributed by atoms with Crippen molar-refractivity contribution in [2.24, 2.45) is 0 Å². The first-order chi connectivity index (χ1) is 7.47. The fourth-order valence-electron chi connectivity index (χ4n) is 1.33. The van der Waals surface area contributed by atoms with E-state index in [9.17, 15) is 9.18 Å². The number of benzene rings is 1. The molecule has 1 aromatic carbocycles. The summed E-state index contributed by atoms with van der Waals surface area (Å²) >= 11 is 3.20. The summed E-state index contributed by atoms with van der Waals surface area (Å²) in [6, 6.07) is 4.27. The highest BCUT2D eigenvalue weighted by molar-refractivity contribution is 9.10. The lowest BCUT2D eigenvalue weighted by molar-refractivity contribution is 0.0739. The average molecular weight is 288 g/mol. The third kappa shape index (κ3) is 2.82. The van der Waals surface area contributed by atoms with Crippen LogP contribution in [0.5, 0.6) is 0 Å². The minimum absolute atomic E-state index is 0.0961. The molecule has 0 saturated carbocycles. The van der Waals surface area contributed by atoms with Crippen molar-refractivity contribution >= 4 is 21.8 Å². The van der Waals surface area contributed by atoms with Gasteiger partial charge < -0.3 is 4.90 Å². The molecule has 1 rings (SSSR count). The highest BCUT2D eigenvalue weighted by Crippen LogP contribution is 2.20. The van der Waals surface area contributed by atoms with Crippen LogP contribution in [0.15, 0.2) is 22.7 Å². The minimum Gasteiger partial charge on any atom is -0.339 e.